The number of unbranched alkanes of at least 4 members (excludes halogenated alkanes) is 3. The predicted molar refractivity (Wildman–Crippen MR) is 372 cm³/mol. The number of rotatable bonds is 30. The molecular weight excluding hydrogens is 1180 g/mol. The first-order valence-corrected chi connectivity index (χ1v) is 31.6. The van der Waals surface area contributed by atoms with Crippen LogP contribution >= 0.6 is 12.4 Å². The van der Waals surface area contributed by atoms with E-state index in [4.69, 9.17) is 34.4 Å². The molecule has 0 radical (unpaired) electrons. The Kier molecular flexibility index (Phi) is 22.4. The van der Waals surface area contributed by atoms with Crippen LogP contribution in [0.3, 0.4) is 0 Å². The molecule has 92 heavy (non-hydrogen) atoms. The number of carbonyl (C=O) groups is 6. The second-order valence-corrected chi connectivity index (χ2v) is 24.8. The first-order chi connectivity index (χ1) is 43.5. The summed E-state index contributed by atoms with van der Waals surface area (Å²) in [6.07, 6.45) is 3.21. The first kappa shape index (κ1) is 69.3. The summed E-state index contributed by atoms with van der Waals surface area (Å²) in [6.45, 7) is 12.9. The SMILES string of the molecule is Cc1[nH]c2c(C)cccc2c1CC(=O)[C@@](N)(CCCCN)C(=O)Nc1ccc(C(c2ccc(NC(=O)[C@](N)(CCCCN)C(=O)Cc3c(C)[nH]c4c(C)cccc34)cc2)c2ccc(NC(=O)[C@](N)(CCCCN)C(=O)Cc3c(C)[nH]c4c(C)cccc34)cc2)cc1.Cl. The standard InChI is InChI=1S/C73H88N12O6.ClH/c1-43-16-13-19-55-58(46(4)80-65(43)55)40-61(86)71(77,34-7-10-37-74)68(89)83-52-28-22-49(23-29-52)64(50-24-30-53(31-25-50)84-69(90)72(78,35-8-11-38-75)62(87)41-59-47(5)81-66-44(2)17-14-20-56(59)66)51-26-32-54(33-27-51)85-70(91)73(79,36-9-12-39-76)63(88)42-60-48(6)82-67-45(3)18-15-21-57(60)67;/h13-33,64,80-82H,7-12,34-42,74-79H2,1-6H3,(H,83,89)(H,84,90)(H,85,91);1H/t71-,72-,73-;/m0./s1. The number of benzene rings is 6. The Morgan fingerprint density at radius 3 is 0.870 bits per heavy atom. The van der Waals surface area contributed by atoms with Gasteiger partial charge in [-0.25, -0.2) is 0 Å². The van der Waals surface area contributed by atoms with Crippen LogP contribution in [-0.4, -0.2) is 86.3 Å². The second kappa shape index (κ2) is 29.8. The Balaban J connectivity index is 0.0000109. The van der Waals surface area contributed by atoms with Gasteiger partial charge >= 0.3 is 0 Å². The Bertz CT molecular complexity index is 3730. The van der Waals surface area contributed by atoms with Crippen molar-refractivity contribution in [1.29, 1.82) is 0 Å². The minimum atomic E-state index is -1.88. The third-order valence-corrected chi connectivity index (χ3v) is 18.4. The zero-order chi connectivity index (χ0) is 65.4. The van der Waals surface area contributed by atoms with Crippen molar-refractivity contribution >= 4 is 97.2 Å². The zero-order valence-electron chi connectivity index (χ0n) is 53.6. The number of ketones is 3. The van der Waals surface area contributed by atoms with Crippen molar-refractivity contribution in [2.24, 2.45) is 34.4 Å². The van der Waals surface area contributed by atoms with Gasteiger partial charge in [-0.15, -0.1) is 12.4 Å². The average Bonchev–Trinajstić information content (AvgIpc) is 1.54. The number of carbonyl (C=O) groups excluding carboxylic acids is 6. The molecule has 0 saturated heterocycles. The lowest BCUT2D eigenvalue weighted by molar-refractivity contribution is -0.134. The molecule has 0 unspecified atom stereocenters. The molecule has 6 aromatic carbocycles. The highest BCUT2D eigenvalue weighted by molar-refractivity contribution is 6.18. The molecule has 484 valence electrons. The van der Waals surface area contributed by atoms with Crippen LogP contribution in [0.15, 0.2) is 127 Å². The number of anilines is 3. The van der Waals surface area contributed by atoms with Gasteiger partial charge < -0.3 is 65.3 Å². The molecule has 19 heteroatoms. The number of hydrogen-bond donors (Lipinski definition) is 12. The van der Waals surface area contributed by atoms with Crippen molar-refractivity contribution in [3.05, 3.63) is 195 Å². The molecule has 3 atom stereocenters. The predicted octanol–water partition coefficient (Wildman–Crippen LogP) is 10.3. The largest absolute Gasteiger partial charge is 0.358 e. The molecule has 18 nitrogen and oxygen atoms in total. The van der Waals surface area contributed by atoms with Gasteiger partial charge in [0.15, 0.2) is 34.0 Å². The van der Waals surface area contributed by atoms with E-state index in [0.29, 0.717) is 75.2 Å². The Morgan fingerprint density at radius 1 is 0.380 bits per heavy atom. The van der Waals surface area contributed by atoms with Crippen molar-refractivity contribution in [1.82, 2.24) is 15.0 Å². The smallest absolute Gasteiger partial charge is 0.252 e. The summed E-state index contributed by atoms with van der Waals surface area (Å²) in [5.41, 5.74) is 47.2. The Hall–Kier alpha value is -8.59. The maximum absolute atomic E-state index is 14.5. The van der Waals surface area contributed by atoms with Crippen LogP contribution in [0.25, 0.3) is 32.7 Å². The molecule has 9 aromatic rings. The lowest BCUT2D eigenvalue weighted by atomic mass is 9.83. The number of halogens is 1. The van der Waals surface area contributed by atoms with Crippen molar-refractivity contribution in [3.63, 3.8) is 0 Å². The lowest BCUT2D eigenvalue weighted by Gasteiger charge is -2.28. The summed E-state index contributed by atoms with van der Waals surface area (Å²) < 4.78 is 0. The molecule has 0 spiro atoms. The van der Waals surface area contributed by atoms with E-state index in [-0.39, 0.29) is 50.9 Å². The lowest BCUT2D eigenvalue weighted by Crippen LogP contribution is -2.58. The molecule has 0 fully saturated rings. The molecule has 18 N–H and O–H groups in total. The molecule has 0 aliphatic carbocycles. The van der Waals surface area contributed by atoms with Crippen LogP contribution in [0.4, 0.5) is 17.1 Å². The van der Waals surface area contributed by atoms with Gasteiger partial charge in [0.1, 0.15) is 0 Å². The fraction of sp³-hybridized carbons (Fsp3) is 0.342. The van der Waals surface area contributed by atoms with Gasteiger partial charge in [0.2, 0.25) is 0 Å². The normalized spacial score (nSPS) is 13.5. The molecule has 0 aliphatic rings. The van der Waals surface area contributed by atoms with E-state index in [1.54, 1.807) is 36.4 Å². The highest BCUT2D eigenvalue weighted by Crippen LogP contribution is 2.36. The average molecular weight is 1270 g/mol. The van der Waals surface area contributed by atoms with Crippen LogP contribution < -0.4 is 50.4 Å². The highest BCUT2D eigenvalue weighted by Gasteiger charge is 2.44. The van der Waals surface area contributed by atoms with E-state index in [2.05, 4.69) is 30.9 Å². The summed E-state index contributed by atoms with van der Waals surface area (Å²) in [7, 11) is 0. The third-order valence-electron chi connectivity index (χ3n) is 18.4. The molecule has 0 bridgehead atoms. The highest BCUT2D eigenvalue weighted by atomic mass is 35.5. The number of aromatic amines is 3. The van der Waals surface area contributed by atoms with Gasteiger partial charge in [-0.2, -0.15) is 0 Å². The number of nitrogens with two attached hydrogens (primary N) is 6. The number of H-pyrrole nitrogens is 3. The maximum Gasteiger partial charge on any atom is 0.252 e. The van der Waals surface area contributed by atoms with E-state index in [1.807, 2.05) is 133 Å². The van der Waals surface area contributed by atoms with Gasteiger partial charge in [0.25, 0.3) is 17.7 Å². The molecule has 3 amide bonds. The summed E-state index contributed by atoms with van der Waals surface area (Å²) in [5.74, 6) is -3.66. The maximum atomic E-state index is 14.5. The van der Waals surface area contributed by atoms with Gasteiger partial charge in [-0.3, -0.25) is 28.8 Å². The number of amides is 3. The molecule has 0 aliphatic heterocycles. The van der Waals surface area contributed by atoms with Crippen molar-refractivity contribution in [2.45, 2.75) is 141 Å². The number of Topliss-reactive ketones (excluding diaryl/α,β-unsaturated/α-hetero) is 3. The van der Waals surface area contributed by atoms with Gasteiger partial charge in [0, 0.05) is 92.0 Å². The molecule has 3 heterocycles. The van der Waals surface area contributed by atoms with Gasteiger partial charge in [-0.05, 0) is 205 Å². The second-order valence-electron chi connectivity index (χ2n) is 24.8. The van der Waals surface area contributed by atoms with Crippen LogP contribution in [0.2, 0.25) is 0 Å². The Labute approximate surface area is 544 Å². The van der Waals surface area contributed by atoms with Crippen LogP contribution in [0.5, 0.6) is 0 Å². The van der Waals surface area contributed by atoms with E-state index in [1.165, 1.54) is 0 Å². The molecule has 9 rings (SSSR count). The zero-order valence-corrected chi connectivity index (χ0v) is 54.4. The van der Waals surface area contributed by atoms with E-state index < -0.39 is 57.6 Å². The van der Waals surface area contributed by atoms with Gasteiger partial charge in [-0.1, -0.05) is 91.0 Å². The summed E-state index contributed by atoms with van der Waals surface area (Å²) >= 11 is 0. The summed E-state index contributed by atoms with van der Waals surface area (Å²) in [4.78, 5) is 96.9. The number of nitrogens with one attached hydrogen (secondary N) is 6. The van der Waals surface area contributed by atoms with Crippen molar-refractivity contribution in [2.75, 3.05) is 35.6 Å². The first-order valence-electron chi connectivity index (χ1n) is 31.6. The Morgan fingerprint density at radius 2 is 0.630 bits per heavy atom. The van der Waals surface area contributed by atoms with Crippen LogP contribution in [0, 0.1) is 41.5 Å². The topological polar surface area (TPSA) is 342 Å². The fourth-order valence-electron chi connectivity index (χ4n) is 12.7. The molecule has 3 aromatic heterocycles. The van der Waals surface area contributed by atoms with E-state index in [0.717, 1.165) is 99.9 Å². The monoisotopic (exact) mass is 1260 g/mol. The molecule has 0 saturated carbocycles. The summed E-state index contributed by atoms with van der Waals surface area (Å²) in [5, 5.41) is 11.6. The number of aromatic nitrogens is 3. The minimum Gasteiger partial charge on any atom is -0.358 e. The van der Waals surface area contributed by atoms with Gasteiger partial charge in [0.05, 0.1) is 0 Å². The number of hydrogen-bond acceptors (Lipinski definition) is 12. The summed E-state index contributed by atoms with van der Waals surface area (Å²) in [6, 6.07) is 39.5. The van der Waals surface area contributed by atoms with Crippen LogP contribution in [0.1, 0.15) is 131 Å². The van der Waals surface area contributed by atoms with Crippen LogP contribution in [-0.2, 0) is 48.0 Å². The van der Waals surface area contributed by atoms with Crippen molar-refractivity contribution < 1.29 is 28.8 Å². The van der Waals surface area contributed by atoms with E-state index in [9.17, 15) is 28.8 Å². The quantitative estimate of drug-likeness (QED) is 0.0114. The number of fused-ring (bicyclic) bond motifs is 3. The van der Waals surface area contributed by atoms with Crippen molar-refractivity contribution in [3.8, 4) is 0 Å². The number of para-hydroxylation sites is 3. The third kappa shape index (κ3) is 14.7. The number of aryl methyl sites for hydroxylation is 6. The van der Waals surface area contributed by atoms with E-state index >= 15 is 0 Å². The fourth-order valence-corrected chi connectivity index (χ4v) is 12.7. The molecular formula is C73H89ClN12O6. The minimum absolute atomic E-state index is 0.